The first-order valence-corrected chi connectivity index (χ1v) is 41.7. The number of hydrogen-bond donors (Lipinski definition) is 12. The van der Waals surface area contributed by atoms with Gasteiger partial charge in [-0.05, 0) is 217 Å². The molecule has 0 aliphatic heterocycles. The maximum Gasteiger partial charge on any atom is 0.186 e. The van der Waals surface area contributed by atoms with Crippen LogP contribution in [-0.4, -0.2) is 152 Å². The molecule has 0 amide bonds. The van der Waals surface area contributed by atoms with Crippen molar-refractivity contribution in [2.24, 2.45) is 0 Å². The molecule has 26 heteroatoms. The minimum atomic E-state index is -0.424. The van der Waals surface area contributed by atoms with Crippen LogP contribution < -0.4 is 37.9 Å². The van der Waals surface area contributed by atoms with Crippen LogP contribution in [0.1, 0.15) is 102 Å². The summed E-state index contributed by atoms with van der Waals surface area (Å²) in [6.07, 6.45) is 39.6. The fraction of sp³-hybridized carbons (Fsp3) is 0.192. The SMILES string of the molecule is C#CC/C(C(=O)/C=C/c1ccc(OC)c(OC)c1)=C(O)\C=C\c1ccc(CO)c(CO)c1.C#CCBr.C=CC/C(C(=O)/C=C/c1ccc(OC)c(OC)c1)=C(O)\C=C\c1ccc(CO)c(CO)c1.C=CCBr.COc1ccc(/C=C/C(=O)/C=C(O)/C=C/c2ccc(CO)c(CO)c2)cc1OC.COc1ccc(/C=C/C(=O)/C=C(O)/C=C/c2ccc(CO)c(CO)c2)cc1OC. The molecular formula is C104H110Br2O24. The van der Waals surface area contributed by atoms with E-state index in [1.807, 2.05) is 0 Å². The highest BCUT2D eigenvalue weighted by Gasteiger charge is 2.15. The molecule has 8 rings (SSSR count). The number of aliphatic hydroxyl groups is 12. The highest BCUT2D eigenvalue weighted by molar-refractivity contribution is 9.09. The number of rotatable bonds is 40. The van der Waals surface area contributed by atoms with Gasteiger partial charge in [-0.25, -0.2) is 0 Å². The lowest BCUT2D eigenvalue weighted by atomic mass is 10.0. The van der Waals surface area contributed by atoms with Crippen molar-refractivity contribution in [3.05, 3.63) is 355 Å². The molecule has 0 aromatic heterocycles. The highest BCUT2D eigenvalue weighted by atomic mass is 79.9. The first kappa shape index (κ1) is 110. The van der Waals surface area contributed by atoms with Crippen molar-refractivity contribution in [2.75, 3.05) is 67.5 Å². The number of carbonyl (C=O) groups is 4. The molecule has 8 aromatic carbocycles. The summed E-state index contributed by atoms with van der Waals surface area (Å²) in [5.74, 6) is 6.89. The van der Waals surface area contributed by atoms with Gasteiger partial charge in [0.15, 0.2) is 69.1 Å². The Bertz CT molecular complexity index is 5390. The normalized spacial score (nSPS) is 11.6. The van der Waals surface area contributed by atoms with Crippen LogP contribution >= 0.6 is 31.9 Å². The third kappa shape index (κ3) is 38.8. The quantitative estimate of drug-likeness (QED) is 0.00424. The molecule has 130 heavy (non-hydrogen) atoms. The van der Waals surface area contributed by atoms with E-state index < -0.39 is 5.78 Å². The summed E-state index contributed by atoms with van der Waals surface area (Å²) in [6, 6.07) is 41.6. The smallest absolute Gasteiger partial charge is 0.186 e. The van der Waals surface area contributed by atoms with Crippen molar-refractivity contribution in [1.82, 2.24) is 0 Å². The number of ketones is 4. The molecule has 0 heterocycles. The van der Waals surface area contributed by atoms with E-state index in [0.29, 0.717) is 113 Å². The molecule has 0 radical (unpaired) electrons. The number of halogens is 2. The third-order valence-electron chi connectivity index (χ3n) is 18.0. The Morgan fingerprint density at radius 3 is 0.785 bits per heavy atom. The van der Waals surface area contributed by atoms with Crippen LogP contribution in [0, 0.1) is 24.7 Å². The number of methoxy groups -OCH3 is 8. The Balaban J connectivity index is 0.000000434. The molecule has 0 aliphatic rings. The third-order valence-corrected chi connectivity index (χ3v) is 18.8. The molecule has 0 saturated heterocycles. The Hall–Kier alpha value is -13.8. The van der Waals surface area contributed by atoms with Crippen LogP contribution in [0.3, 0.4) is 0 Å². The molecule has 12 N–H and O–H groups in total. The second-order valence-electron chi connectivity index (χ2n) is 26.6. The summed E-state index contributed by atoms with van der Waals surface area (Å²) in [7, 11) is 12.3. The second kappa shape index (κ2) is 63.2. The Morgan fingerprint density at radius 2 is 0.546 bits per heavy atom. The van der Waals surface area contributed by atoms with E-state index in [1.54, 1.807) is 228 Å². The zero-order valence-electron chi connectivity index (χ0n) is 73.5. The number of carbonyl (C=O) groups excluding carboxylic acids is 4. The molecule has 0 saturated carbocycles. The summed E-state index contributed by atoms with van der Waals surface area (Å²) < 4.78 is 41.7. The number of aliphatic hydroxyl groups excluding tert-OH is 12. The van der Waals surface area contributed by atoms with Gasteiger partial charge in [0.1, 0.15) is 23.0 Å². The molecule has 24 nitrogen and oxygen atoms in total. The minimum absolute atomic E-state index is 0.0450. The van der Waals surface area contributed by atoms with E-state index in [0.717, 1.165) is 45.3 Å². The van der Waals surface area contributed by atoms with Crippen LogP contribution in [0.2, 0.25) is 0 Å². The Labute approximate surface area is 775 Å². The van der Waals surface area contributed by atoms with Crippen molar-refractivity contribution in [1.29, 1.82) is 0 Å². The monoisotopic (exact) mass is 1900 g/mol. The van der Waals surface area contributed by atoms with Gasteiger partial charge in [-0.3, -0.25) is 19.2 Å². The number of terminal acetylenes is 2. The van der Waals surface area contributed by atoms with E-state index in [9.17, 15) is 80.5 Å². The average molecular weight is 1900 g/mol. The predicted octanol–water partition coefficient (Wildman–Crippen LogP) is 17.6. The van der Waals surface area contributed by atoms with Crippen molar-refractivity contribution in [3.8, 4) is 70.7 Å². The van der Waals surface area contributed by atoms with Gasteiger partial charge in [-0.2, -0.15) is 0 Å². The zero-order valence-corrected chi connectivity index (χ0v) is 76.7. The van der Waals surface area contributed by atoms with E-state index in [2.05, 4.69) is 56.9 Å². The fourth-order valence-electron chi connectivity index (χ4n) is 11.2. The molecule has 0 unspecified atom stereocenters. The van der Waals surface area contributed by atoms with Crippen LogP contribution in [0.15, 0.2) is 266 Å². The lowest BCUT2D eigenvalue weighted by Crippen LogP contribution is -2.02. The van der Waals surface area contributed by atoms with Crippen LogP contribution in [0.4, 0.5) is 0 Å². The van der Waals surface area contributed by atoms with E-state index in [-0.39, 0.29) is 117 Å². The van der Waals surface area contributed by atoms with E-state index >= 15 is 0 Å². The second-order valence-corrected chi connectivity index (χ2v) is 27.8. The first-order valence-electron chi connectivity index (χ1n) is 39.5. The van der Waals surface area contributed by atoms with Gasteiger partial charge in [0.05, 0.1) is 121 Å². The van der Waals surface area contributed by atoms with Crippen molar-refractivity contribution >= 4 is 104 Å². The fourth-order valence-corrected chi connectivity index (χ4v) is 11.2. The van der Waals surface area contributed by atoms with Crippen LogP contribution in [0.5, 0.6) is 46.0 Å². The van der Waals surface area contributed by atoms with Gasteiger partial charge in [-0.15, -0.1) is 31.9 Å². The van der Waals surface area contributed by atoms with Gasteiger partial charge in [0, 0.05) is 29.5 Å². The predicted molar refractivity (Wildman–Crippen MR) is 519 cm³/mol. The Kier molecular flexibility index (Phi) is 53.6. The minimum Gasteiger partial charge on any atom is -0.508 e. The summed E-state index contributed by atoms with van der Waals surface area (Å²) in [4.78, 5) is 49.4. The number of ether oxygens (including phenoxy) is 8. The lowest BCUT2D eigenvalue weighted by Gasteiger charge is -2.08. The zero-order chi connectivity index (χ0) is 96.3. The molecular weight excluding hydrogens is 1790 g/mol. The van der Waals surface area contributed by atoms with Gasteiger partial charge < -0.3 is 99.2 Å². The largest absolute Gasteiger partial charge is 0.508 e. The standard InChI is InChI=1S/C26H28O6.C26H26O6.2C23H24O6.C3H5Br.C3H3Br/c2*1-4-5-22(23(29)11-7-18-6-10-20(16-27)21(14-18)17-28)24(30)12-8-19-9-13-25(31-2)26(15-19)32-3;2*1-28-22-10-6-17(12-23(22)29-2)5-9-21(27)13-20(26)8-4-16-3-7-18(14-24)19(11-16)15-25;2*1-2-3-4/h4,6-15,27-29H,1,5,16-17H2,2-3H3;1,6-15,27-29H,5,16-17H2,2-3H3;2*3-13,24-26H,14-15H2,1-2H3;2H,1,3H2;1H,3H2/b2*11-7+,12-8+,23-22-;2*8-4+,9-5+,20-13-;;. The highest BCUT2D eigenvalue weighted by Crippen LogP contribution is 2.33. The van der Waals surface area contributed by atoms with Crippen LogP contribution in [0.25, 0.3) is 48.6 Å². The molecule has 684 valence electrons. The summed E-state index contributed by atoms with van der Waals surface area (Å²) in [5, 5.41) is 117. The number of alkyl halides is 2. The van der Waals surface area contributed by atoms with Crippen molar-refractivity contribution in [2.45, 2.75) is 65.7 Å². The Morgan fingerprint density at radius 1 is 0.315 bits per heavy atom. The topological polar surface area (TPSA) is 385 Å². The maximum atomic E-state index is 12.7. The van der Waals surface area contributed by atoms with Crippen LogP contribution in [-0.2, 0) is 72.0 Å². The maximum absolute atomic E-state index is 12.7. The molecule has 0 spiro atoms. The summed E-state index contributed by atoms with van der Waals surface area (Å²) >= 11 is 6.14. The molecule has 0 aliphatic carbocycles. The van der Waals surface area contributed by atoms with Gasteiger partial charge in [-0.1, -0.05) is 171 Å². The van der Waals surface area contributed by atoms with Crippen molar-refractivity contribution in [3.63, 3.8) is 0 Å². The number of allylic oxidation sites excluding steroid dienone is 14. The average Bonchev–Trinajstić information content (AvgIpc) is 0.867. The van der Waals surface area contributed by atoms with Gasteiger partial charge in [0.2, 0.25) is 0 Å². The van der Waals surface area contributed by atoms with E-state index in [4.69, 9.17) is 50.7 Å². The number of benzene rings is 8. The first-order chi connectivity index (χ1) is 62.8. The molecule has 0 atom stereocenters. The lowest BCUT2D eigenvalue weighted by molar-refractivity contribution is -0.112. The molecule has 8 aromatic rings. The van der Waals surface area contributed by atoms with Gasteiger partial charge in [0.25, 0.3) is 0 Å². The van der Waals surface area contributed by atoms with Gasteiger partial charge >= 0.3 is 0 Å². The molecule has 0 bridgehead atoms. The molecule has 0 fully saturated rings. The van der Waals surface area contributed by atoms with Crippen molar-refractivity contribution < 1.29 is 118 Å². The summed E-state index contributed by atoms with van der Waals surface area (Å²) in [5.41, 5.74) is 11.0. The number of hydrogen-bond acceptors (Lipinski definition) is 24. The summed E-state index contributed by atoms with van der Waals surface area (Å²) in [6.45, 7) is 5.60. The van der Waals surface area contributed by atoms with E-state index in [1.165, 1.54) is 84.2 Å².